The van der Waals surface area contributed by atoms with Gasteiger partial charge in [0.05, 0.1) is 28.1 Å². The predicted octanol–water partition coefficient (Wildman–Crippen LogP) is 10.3. The Morgan fingerprint density at radius 2 is 1.37 bits per heavy atom. The molecule has 7 aromatic rings. The van der Waals surface area contributed by atoms with Crippen LogP contribution in [-0.2, 0) is 11.3 Å². The molecule has 1 unspecified atom stereocenters. The molecule has 1 amide bonds. The number of carbonyl (C=O) groups is 1. The number of aromatic nitrogens is 4. The molecule has 0 N–H and O–H groups in total. The Hall–Kier alpha value is -5.89. The zero-order valence-corrected chi connectivity index (χ0v) is 31.5. The van der Waals surface area contributed by atoms with E-state index in [1.165, 1.54) is 11.1 Å². The standard InChI is InChI=1S/C46H47N5O3/c1-32-13-12-14-33(29-32)30-50-40-19-10-8-17-38(40)47-43(50)36-21-23-37(24-22-36)53-31-42(34-25-27-49(28-26-34)45(52)54-46(2,3)4)51-41-20-11-9-18-39(41)48-44(51)35-15-6-5-7-16-35/h5-24,29,34,42H,25-28,30-31H2,1-4H3. The molecule has 0 saturated carbocycles. The highest BCUT2D eigenvalue weighted by molar-refractivity contribution is 5.82. The number of carbonyl (C=O) groups excluding carboxylic acids is 1. The van der Waals surface area contributed by atoms with Crippen LogP contribution in [0.3, 0.4) is 0 Å². The molecule has 54 heavy (non-hydrogen) atoms. The number of fused-ring (bicyclic) bond motifs is 2. The van der Waals surface area contributed by atoms with E-state index in [1.807, 2.05) is 43.9 Å². The second-order valence-corrected chi connectivity index (χ2v) is 15.4. The predicted molar refractivity (Wildman–Crippen MR) is 216 cm³/mol. The van der Waals surface area contributed by atoms with Crippen LogP contribution in [0.25, 0.3) is 44.8 Å². The molecule has 1 aliphatic rings. The van der Waals surface area contributed by atoms with E-state index < -0.39 is 5.60 Å². The van der Waals surface area contributed by atoms with Crippen molar-refractivity contribution in [1.82, 2.24) is 24.0 Å². The highest BCUT2D eigenvalue weighted by Gasteiger charge is 2.34. The zero-order valence-electron chi connectivity index (χ0n) is 31.5. The lowest BCUT2D eigenvalue weighted by molar-refractivity contribution is 0.0151. The second-order valence-electron chi connectivity index (χ2n) is 15.4. The summed E-state index contributed by atoms with van der Waals surface area (Å²) in [6.07, 6.45) is 1.40. The zero-order chi connectivity index (χ0) is 37.2. The van der Waals surface area contributed by atoms with Crippen molar-refractivity contribution >= 4 is 28.2 Å². The molecule has 0 radical (unpaired) electrons. The lowest BCUT2D eigenvalue weighted by atomic mass is 9.89. The number of likely N-dealkylation sites (tertiary alicyclic amines) is 1. The maximum Gasteiger partial charge on any atom is 0.410 e. The summed E-state index contributed by atoms with van der Waals surface area (Å²) in [6.45, 7) is 10.3. The van der Waals surface area contributed by atoms with Crippen molar-refractivity contribution in [2.24, 2.45) is 5.92 Å². The number of benzene rings is 5. The van der Waals surface area contributed by atoms with Crippen LogP contribution < -0.4 is 4.74 Å². The molecule has 2 aromatic heterocycles. The molecule has 274 valence electrons. The molecule has 0 spiro atoms. The quantitative estimate of drug-likeness (QED) is 0.149. The van der Waals surface area contributed by atoms with Gasteiger partial charge in [-0.05, 0) is 101 Å². The molecule has 8 nitrogen and oxygen atoms in total. The van der Waals surface area contributed by atoms with Crippen molar-refractivity contribution < 1.29 is 14.3 Å². The number of piperidine rings is 1. The third kappa shape index (κ3) is 7.47. The molecule has 1 aliphatic heterocycles. The van der Waals surface area contributed by atoms with E-state index in [2.05, 4.69) is 125 Å². The van der Waals surface area contributed by atoms with Gasteiger partial charge in [0.2, 0.25) is 0 Å². The summed E-state index contributed by atoms with van der Waals surface area (Å²) < 4.78 is 17.1. The van der Waals surface area contributed by atoms with Crippen molar-refractivity contribution in [3.8, 4) is 28.5 Å². The smallest absolute Gasteiger partial charge is 0.410 e. The van der Waals surface area contributed by atoms with E-state index in [0.29, 0.717) is 19.7 Å². The monoisotopic (exact) mass is 717 g/mol. The third-order valence-corrected chi connectivity index (χ3v) is 10.3. The van der Waals surface area contributed by atoms with Crippen molar-refractivity contribution in [2.75, 3.05) is 19.7 Å². The van der Waals surface area contributed by atoms with Crippen LogP contribution in [0.2, 0.25) is 0 Å². The van der Waals surface area contributed by atoms with Gasteiger partial charge in [0.1, 0.15) is 29.6 Å². The molecule has 8 heteroatoms. The van der Waals surface area contributed by atoms with E-state index in [4.69, 9.17) is 19.4 Å². The summed E-state index contributed by atoms with van der Waals surface area (Å²) >= 11 is 0. The topological polar surface area (TPSA) is 74.4 Å². The first kappa shape index (κ1) is 35.2. The highest BCUT2D eigenvalue weighted by Crippen LogP contribution is 2.37. The summed E-state index contributed by atoms with van der Waals surface area (Å²) in [5.74, 6) is 2.88. The molecule has 0 aliphatic carbocycles. The average molecular weight is 718 g/mol. The maximum atomic E-state index is 13.0. The second kappa shape index (κ2) is 14.9. The van der Waals surface area contributed by atoms with Crippen LogP contribution in [0, 0.1) is 12.8 Å². The lowest BCUT2D eigenvalue weighted by Crippen LogP contribution is -2.43. The molecular formula is C46H47N5O3. The molecule has 1 atom stereocenters. The van der Waals surface area contributed by atoms with Crippen LogP contribution in [0.15, 0.2) is 127 Å². The van der Waals surface area contributed by atoms with Crippen molar-refractivity contribution in [1.29, 1.82) is 0 Å². The van der Waals surface area contributed by atoms with E-state index in [9.17, 15) is 4.79 Å². The van der Waals surface area contributed by atoms with Gasteiger partial charge in [-0.3, -0.25) is 0 Å². The highest BCUT2D eigenvalue weighted by atomic mass is 16.6. The largest absolute Gasteiger partial charge is 0.491 e. The van der Waals surface area contributed by atoms with Gasteiger partial charge in [0.25, 0.3) is 0 Å². The van der Waals surface area contributed by atoms with Crippen LogP contribution in [-0.4, -0.2) is 55.4 Å². The number of para-hydroxylation sites is 4. The van der Waals surface area contributed by atoms with E-state index >= 15 is 0 Å². The van der Waals surface area contributed by atoms with Gasteiger partial charge < -0.3 is 23.5 Å². The SMILES string of the molecule is Cc1cccc(Cn2c(-c3ccc(OCC(C4CCN(C(=O)OC(C)(C)C)CC4)n4c(-c5ccccc5)nc5ccccc54)cc3)nc3ccccc32)c1. The normalized spacial score (nSPS) is 14.4. The van der Waals surface area contributed by atoms with Crippen LogP contribution in [0.4, 0.5) is 4.79 Å². The number of hydrogen-bond acceptors (Lipinski definition) is 5. The Bertz CT molecular complexity index is 2380. The minimum atomic E-state index is -0.534. The summed E-state index contributed by atoms with van der Waals surface area (Å²) in [5, 5.41) is 0. The van der Waals surface area contributed by atoms with Crippen molar-refractivity contribution in [3.63, 3.8) is 0 Å². The van der Waals surface area contributed by atoms with Crippen molar-refractivity contribution in [2.45, 2.75) is 58.7 Å². The van der Waals surface area contributed by atoms with Crippen LogP contribution in [0.5, 0.6) is 5.75 Å². The summed E-state index contributed by atoms with van der Waals surface area (Å²) in [7, 11) is 0. The molecular weight excluding hydrogens is 671 g/mol. The summed E-state index contributed by atoms with van der Waals surface area (Å²) in [5.41, 5.74) is 8.14. The fourth-order valence-electron chi connectivity index (χ4n) is 7.72. The number of nitrogens with zero attached hydrogens (tertiary/aromatic N) is 5. The summed E-state index contributed by atoms with van der Waals surface area (Å²) in [6, 6.07) is 44.0. The van der Waals surface area contributed by atoms with E-state index in [-0.39, 0.29) is 18.1 Å². The molecule has 1 saturated heterocycles. The van der Waals surface area contributed by atoms with Gasteiger partial charge in [-0.15, -0.1) is 0 Å². The van der Waals surface area contributed by atoms with Crippen LogP contribution >= 0.6 is 0 Å². The number of ether oxygens (including phenoxy) is 2. The van der Waals surface area contributed by atoms with Gasteiger partial charge in [-0.1, -0.05) is 84.4 Å². The average Bonchev–Trinajstić information content (AvgIpc) is 3.74. The van der Waals surface area contributed by atoms with Gasteiger partial charge in [0.15, 0.2) is 0 Å². The molecule has 3 heterocycles. The van der Waals surface area contributed by atoms with Gasteiger partial charge in [-0.25, -0.2) is 14.8 Å². The van der Waals surface area contributed by atoms with Gasteiger partial charge in [0, 0.05) is 30.8 Å². The Balaban J connectivity index is 1.09. The minimum Gasteiger partial charge on any atom is -0.491 e. The summed E-state index contributed by atoms with van der Waals surface area (Å²) in [4.78, 5) is 25.1. The Kier molecular flexibility index (Phi) is 9.67. The number of amides is 1. The molecule has 8 rings (SSSR count). The first-order valence-electron chi connectivity index (χ1n) is 18.9. The fourth-order valence-corrected chi connectivity index (χ4v) is 7.72. The Morgan fingerprint density at radius 1 is 0.741 bits per heavy atom. The third-order valence-electron chi connectivity index (χ3n) is 10.3. The number of hydrogen-bond donors (Lipinski definition) is 0. The Labute approximate surface area is 317 Å². The number of imidazole rings is 2. The molecule has 1 fully saturated rings. The number of aryl methyl sites for hydroxylation is 1. The maximum absolute atomic E-state index is 13.0. The van der Waals surface area contributed by atoms with E-state index in [0.717, 1.165) is 70.0 Å². The fraction of sp³-hybridized carbons (Fsp3) is 0.283. The van der Waals surface area contributed by atoms with Crippen LogP contribution in [0.1, 0.15) is 50.8 Å². The molecule has 5 aromatic carbocycles. The Morgan fingerprint density at radius 3 is 2.07 bits per heavy atom. The van der Waals surface area contributed by atoms with E-state index in [1.54, 1.807) is 0 Å². The first-order chi connectivity index (χ1) is 26.2. The van der Waals surface area contributed by atoms with Crippen molar-refractivity contribution in [3.05, 3.63) is 139 Å². The van der Waals surface area contributed by atoms with Gasteiger partial charge >= 0.3 is 6.09 Å². The minimum absolute atomic E-state index is 0.0356. The van der Waals surface area contributed by atoms with Gasteiger partial charge in [-0.2, -0.15) is 0 Å². The molecule has 0 bridgehead atoms. The first-order valence-corrected chi connectivity index (χ1v) is 18.9. The lowest BCUT2D eigenvalue weighted by Gasteiger charge is -2.37. The number of rotatable bonds is 9.